The summed E-state index contributed by atoms with van der Waals surface area (Å²) in [7, 11) is 0. The summed E-state index contributed by atoms with van der Waals surface area (Å²) in [5.74, 6) is 0. The largest absolute Gasteiger partial charge is 0.444 e. The highest BCUT2D eigenvalue weighted by molar-refractivity contribution is 5.68. The topological polar surface area (TPSA) is 68.0 Å². The lowest BCUT2D eigenvalue weighted by Gasteiger charge is -2.49. The average molecular weight is 299 g/mol. The van der Waals surface area contributed by atoms with E-state index in [1.807, 2.05) is 20.8 Å². The Balaban J connectivity index is 1.89. The number of hydrogen-bond donors (Lipinski definition) is 1. The highest BCUT2D eigenvalue weighted by Gasteiger charge is 2.39. The van der Waals surface area contributed by atoms with E-state index in [2.05, 4.69) is 4.90 Å². The van der Waals surface area contributed by atoms with Crippen LogP contribution >= 0.6 is 0 Å². The summed E-state index contributed by atoms with van der Waals surface area (Å²) < 4.78 is 10.9. The minimum atomic E-state index is -0.437. The molecule has 2 saturated heterocycles. The monoisotopic (exact) mass is 299 g/mol. The fraction of sp³-hybridized carbons (Fsp3) is 0.933. The molecule has 6 heteroatoms. The number of rotatable bonds is 2. The molecule has 0 bridgehead atoms. The van der Waals surface area contributed by atoms with Crippen molar-refractivity contribution in [2.75, 3.05) is 45.9 Å². The second-order valence-electron chi connectivity index (χ2n) is 7.00. The zero-order valence-electron chi connectivity index (χ0n) is 13.6. The molecule has 0 atom stereocenters. The first-order valence-corrected chi connectivity index (χ1v) is 7.87. The normalized spacial score (nSPS) is 23.9. The Hall–Kier alpha value is -0.850. The third-order valence-electron chi connectivity index (χ3n) is 4.41. The quantitative estimate of drug-likeness (QED) is 0.825. The molecule has 0 radical (unpaired) electrons. The number of amides is 1. The van der Waals surface area contributed by atoms with Crippen molar-refractivity contribution in [3.05, 3.63) is 0 Å². The lowest BCUT2D eigenvalue weighted by Crippen LogP contribution is -2.62. The van der Waals surface area contributed by atoms with E-state index < -0.39 is 5.60 Å². The standard InChI is InChI=1S/C15H29N3O3/c1-14(2,3)21-13(19)17-6-8-18(9-7-17)15(12-16)4-10-20-11-5-15/h4-12,16H2,1-3H3. The number of ether oxygens (including phenoxy) is 2. The molecule has 0 aromatic carbocycles. The predicted octanol–water partition coefficient (Wildman–Crippen LogP) is 1.05. The summed E-state index contributed by atoms with van der Waals surface area (Å²) >= 11 is 0. The molecule has 2 aliphatic rings. The summed E-state index contributed by atoms with van der Waals surface area (Å²) in [4.78, 5) is 16.3. The van der Waals surface area contributed by atoms with Crippen LogP contribution in [0, 0.1) is 0 Å². The first kappa shape index (κ1) is 16.5. The highest BCUT2D eigenvalue weighted by Crippen LogP contribution is 2.28. The SMILES string of the molecule is CC(C)(C)OC(=O)N1CCN(C2(CN)CCOCC2)CC1. The molecule has 2 N–H and O–H groups in total. The van der Waals surface area contributed by atoms with Crippen LogP contribution in [0.5, 0.6) is 0 Å². The van der Waals surface area contributed by atoms with E-state index in [4.69, 9.17) is 15.2 Å². The molecule has 0 unspecified atom stereocenters. The van der Waals surface area contributed by atoms with Gasteiger partial charge in [0.2, 0.25) is 0 Å². The number of carbonyl (C=O) groups excluding carboxylic acids is 1. The molecule has 21 heavy (non-hydrogen) atoms. The van der Waals surface area contributed by atoms with Crippen LogP contribution in [0.2, 0.25) is 0 Å². The van der Waals surface area contributed by atoms with Crippen LogP contribution in [0.15, 0.2) is 0 Å². The smallest absolute Gasteiger partial charge is 0.410 e. The summed E-state index contributed by atoms with van der Waals surface area (Å²) in [6, 6.07) is 0. The number of nitrogens with zero attached hydrogens (tertiary/aromatic N) is 2. The number of piperazine rings is 1. The van der Waals surface area contributed by atoms with Crippen molar-refractivity contribution in [1.29, 1.82) is 0 Å². The van der Waals surface area contributed by atoms with Crippen LogP contribution in [0.4, 0.5) is 4.79 Å². The summed E-state index contributed by atoms with van der Waals surface area (Å²) in [6.07, 6.45) is 1.75. The van der Waals surface area contributed by atoms with E-state index in [1.54, 1.807) is 4.90 Å². The van der Waals surface area contributed by atoms with Crippen LogP contribution in [-0.2, 0) is 9.47 Å². The molecule has 0 spiro atoms. The van der Waals surface area contributed by atoms with Gasteiger partial charge in [-0.3, -0.25) is 4.90 Å². The van der Waals surface area contributed by atoms with Crippen molar-refractivity contribution in [1.82, 2.24) is 9.80 Å². The molecule has 0 aliphatic carbocycles. The van der Waals surface area contributed by atoms with E-state index in [0.717, 1.165) is 39.1 Å². The molecular weight excluding hydrogens is 270 g/mol. The van der Waals surface area contributed by atoms with Crippen molar-refractivity contribution in [3.63, 3.8) is 0 Å². The van der Waals surface area contributed by atoms with Gasteiger partial charge < -0.3 is 20.1 Å². The van der Waals surface area contributed by atoms with E-state index >= 15 is 0 Å². The Morgan fingerprint density at radius 3 is 2.24 bits per heavy atom. The van der Waals surface area contributed by atoms with Gasteiger partial charge in [0.1, 0.15) is 5.60 Å². The van der Waals surface area contributed by atoms with Gasteiger partial charge in [-0.2, -0.15) is 0 Å². The second-order valence-corrected chi connectivity index (χ2v) is 7.00. The van der Waals surface area contributed by atoms with Gasteiger partial charge in [-0.05, 0) is 33.6 Å². The van der Waals surface area contributed by atoms with Crippen LogP contribution in [0.3, 0.4) is 0 Å². The molecule has 2 fully saturated rings. The lowest BCUT2D eigenvalue weighted by molar-refractivity contribution is -0.0465. The van der Waals surface area contributed by atoms with E-state index in [9.17, 15) is 4.79 Å². The highest BCUT2D eigenvalue weighted by atomic mass is 16.6. The molecule has 0 saturated carbocycles. The van der Waals surface area contributed by atoms with Crippen LogP contribution in [0.25, 0.3) is 0 Å². The second kappa shape index (κ2) is 6.50. The van der Waals surface area contributed by atoms with Crippen molar-refractivity contribution in [3.8, 4) is 0 Å². The summed E-state index contributed by atoms with van der Waals surface area (Å²) in [5.41, 5.74) is 5.66. The molecule has 0 aromatic heterocycles. The van der Waals surface area contributed by atoms with Crippen molar-refractivity contribution in [2.24, 2.45) is 5.73 Å². The Morgan fingerprint density at radius 2 is 1.76 bits per heavy atom. The minimum Gasteiger partial charge on any atom is -0.444 e. The molecule has 122 valence electrons. The lowest BCUT2D eigenvalue weighted by atomic mass is 9.87. The maximum Gasteiger partial charge on any atom is 0.410 e. The van der Waals surface area contributed by atoms with Gasteiger partial charge in [-0.1, -0.05) is 0 Å². The van der Waals surface area contributed by atoms with Gasteiger partial charge in [-0.25, -0.2) is 4.79 Å². The van der Waals surface area contributed by atoms with Crippen LogP contribution < -0.4 is 5.73 Å². The average Bonchev–Trinajstić information content (AvgIpc) is 2.46. The zero-order chi connectivity index (χ0) is 15.5. The summed E-state index contributed by atoms with van der Waals surface area (Å²) in [6.45, 7) is 11.0. The Bertz CT molecular complexity index is 354. The van der Waals surface area contributed by atoms with E-state index in [-0.39, 0.29) is 11.6 Å². The van der Waals surface area contributed by atoms with Gasteiger partial charge in [-0.15, -0.1) is 0 Å². The van der Waals surface area contributed by atoms with E-state index in [1.165, 1.54) is 0 Å². The molecule has 6 nitrogen and oxygen atoms in total. The number of carbonyl (C=O) groups is 1. The predicted molar refractivity (Wildman–Crippen MR) is 81.2 cm³/mol. The Kier molecular flexibility index (Phi) is 5.11. The van der Waals surface area contributed by atoms with Crippen molar-refractivity contribution in [2.45, 2.75) is 44.8 Å². The molecule has 0 aromatic rings. The third kappa shape index (κ3) is 4.08. The first-order valence-electron chi connectivity index (χ1n) is 7.87. The van der Waals surface area contributed by atoms with Crippen LogP contribution in [-0.4, -0.2) is 73.0 Å². The first-order chi connectivity index (χ1) is 9.86. The maximum absolute atomic E-state index is 12.1. The fourth-order valence-corrected chi connectivity index (χ4v) is 3.09. The van der Waals surface area contributed by atoms with Crippen LogP contribution in [0.1, 0.15) is 33.6 Å². The zero-order valence-corrected chi connectivity index (χ0v) is 13.6. The Labute approximate surface area is 127 Å². The molecule has 2 heterocycles. The molecule has 2 rings (SSSR count). The number of nitrogens with two attached hydrogens (primary N) is 1. The molecule has 2 aliphatic heterocycles. The van der Waals surface area contributed by atoms with Crippen molar-refractivity contribution >= 4 is 6.09 Å². The summed E-state index contributed by atoms with van der Waals surface area (Å²) in [5, 5.41) is 0. The minimum absolute atomic E-state index is 0.0538. The van der Waals surface area contributed by atoms with Crippen molar-refractivity contribution < 1.29 is 14.3 Å². The fourth-order valence-electron chi connectivity index (χ4n) is 3.09. The maximum atomic E-state index is 12.1. The number of hydrogen-bond acceptors (Lipinski definition) is 5. The van der Waals surface area contributed by atoms with Gasteiger partial charge in [0.25, 0.3) is 0 Å². The van der Waals surface area contributed by atoms with E-state index in [0.29, 0.717) is 19.6 Å². The van der Waals surface area contributed by atoms with Gasteiger partial charge in [0.15, 0.2) is 0 Å². The molecular formula is C15H29N3O3. The molecule has 1 amide bonds. The van der Waals surface area contributed by atoms with Gasteiger partial charge >= 0.3 is 6.09 Å². The Morgan fingerprint density at radius 1 is 1.19 bits per heavy atom. The third-order valence-corrected chi connectivity index (χ3v) is 4.41. The van der Waals surface area contributed by atoms with Gasteiger partial charge in [0, 0.05) is 51.5 Å². The van der Waals surface area contributed by atoms with Gasteiger partial charge in [0.05, 0.1) is 0 Å².